The normalized spacial score (nSPS) is 10.9. The number of aromatic nitrogens is 2. The summed E-state index contributed by atoms with van der Waals surface area (Å²) in [5, 5.41) is 15.3. The van der Waals surface area contributed by atoms with Crippen LogP contribution in [0, 0.1) is 6.92 Å². The minimum absolute atomic E-state index is 0.196. The van der Waals surface area contributed by atoms with E-state index in [4.69, 9.17) is 4.74 Å². The summed E-state index contributed by atoms with van der Waals surface area (Å²) in [7, 11) is 1.63. The molecule has 27 heavy (non-hydrogen) atoms. The van der Waals surface area contributed by atoms with Crippen molar-refractivity contribution >= 4 is 39.1 Å². The second-order valence-electron chi connectivity index (χ2n) is 6.23. The van der Waals surface area contributed by atoms with Crippen LogP contribution in [0.4, 0.5) is 11.5 Å². The lowest BCUT2D eigenvalue weighted by Crippen LogP contribution is -2.00. The van der Waals surface area contributed by atoms with Crippen LogP contribution in [-0.2, 0) is 0 Å². The Balaban J connectivity index is 1.91. The number of hydrogen-bond acceptors (Lipinski definition) is 5. The maximum absolute atomic E-state index is 11.3. The highest BCUT2D eigenvalue weighted by atomic mass is 16.5. The van der Waals surface area contributed by atoms with Gasteiger partial charge in [-0.15, -0.1) is 0 Å². The number of ether oxygens (including phenoxy) is 1. The molecule has 2 aromatic heterocycles. The monoisotopic (exact) mass is 359 g/mol. The van der Waals surface area contributed by atoms with Crippen molar-refractivity contribution in [2.75, 3.05) is 12.4 Å². The smallest absolute Gasteiger partial charge is 0.335 e. The van der Waals surface area contributed by atoms with Crippen molar-refractivity contribution in [2.45, 2.75) is 6.92 Å². The first-order valence-corrected chi connectivity index (χ1v) is 8.39. The summed E-state index contributed by atoms with van der Waals surface area (Å²) in [5.41, 5.74) is 2.66. The number of aryl methyl sites for hydroxylation is 1. The zero-order chi connectivity index (χ0) is 19.0. The van der Waals surface area contributed by atoms with Crippen molar-refractivity contribution < 1.29 is 14.6 Å². The van der Waals surface area contributed by atoms with E-state index in [0.717, 1.165) is 33.2 Å². The van der Waals surface area contributed by atoms with E-state index in [0.29, 0.717) is 11.3 Å². The third kappa shape index (κ3) is 3.01. The van der Waals surface area contributed by atoms with Gasteiger partial charge in [0.05, 0.1) is 18.2 Å². The van der Waals surface area contributed by atoms with E-state index < -0.39 is 5.97 Å². The predicted molar refractivity (Wildman–Crippen MR) is 105 cm³/mol. The van der Waals surface area contributed by atoms with Gasteiger partial charge in [-0.3, -0.25) is 4.98 Å². The van der Waals surface area contributed by atoms with E-state index in [-0.39, 0.29) is 5.56 Å². The Bertz CT molecular complexity index is 1190. The highest BCUT2D eigenvalue weighted by molar-refractivity contribution is 6.11. The molecule has 0 atom stereocenters. The number of carboxylic acid groups (broad SMARTS) is 1. The second-order valence-corrected chi connectivity index (χ2v) is 6.23. The summed E-state index contributed by atoms with van der Waals surface area (Å²) < 4.78 is 5.39. The van der Waals surface area contributed by atoms with Gasteiger partial charge in [0.15, 0.2) is 0 Å². The molecule has 2 N–H and O–H groups in total. The maximum Gasteiger partial charge on any atom is 0.335 e. The minimum atomic E-state index is -0.984. The third-order valence-electron chi connectivity index (χ3n) is 4.51. The molecule has 2 heterocycles. The largest absolute Gasteiger partial charge is 0.496 e. The lowest BCUT2D eigenvalue weighted by molar-refractivity contribution is 0.0697. The Hall–Kier alpha value is -3.67. The van der Waals surface area contributed by atoms with Gasteiger partial charge in [0.25, 0.3) is 0 Å². The quantitative estimate of drug-likeness (QED) is 0.520. The number of pyridine rings is 2. The average Bonchev–Trinajstić information content (AvgIpc) is 2.69. The number of fused-ring (bicyclic) bond motifs is 3. The molecule has 0 saturated heterocycles. The molecule has 2 aromatic carbocycles. The van der Waals surface area contributed by atoms with Crippen LogP contribution in [0.5, 0.6) is 5.75 Å². The van der Waals surface area contributed by atoms with Crippen molar-refractivity contribution in [1.29, 1.82) is 0 Å². The topological polar surface area (TPSA) is 84.3 Å². The molecule has 6 heteroatoms. The summed E-state index contributed by atoms with van der Waals surface area (Å²) in [6.07, 6.45) is 3.48. The SMILES string of the molecule is COc1cc(Nc2nc3cc(C(=O)O)ccc3c3cnccc23)ccc1C. The van der Waals surface area contributed by atoms with Crippen LogP contribution >= 0.6 is 0 Å². The lowest BCUT2D eigenvalue weighted by atomic mass is 10.1. The molecule has 4 aromatic rings. The number of anilines is 2. The van der Waals surface area contributed by atoms with Gasteiger partial charge in [-0.25, -0.2) is 9.78 Å². The molecular formula is C21H17N3O3. The summed E-state index contributed by atoms with van der Waals surface area (Å²) >= 11 is 0. The van der Waals surface area contributed by atoms with Gasteiger partial charge in [0.2, 0.25) is 0 Å². The van der Waals surface area contributed by atoms with Crippen molar-refractivity contribution in [2.24, 2.45) is 0 Å². The molecule has 0 radical (unpaired) electrons. The van der Waals surface area contributed by atoms with E-state index >= 15 is 0 Å². The molecule has 0 aliphatic rings. The molecule has 0 aliphatic carbocycles. The van der Waals surface area contributed by atoms with Crippen molar-refractivity contribution in [1.82, 2.24) is 9.97 Å². The summed E-state index contributed by atoms with van der Waals surface area (Å²) in [4.78, 5) is 20.2. The Morgan fingerprint density at radius 1 is 1.07 bits per heavy atom. The Labute approximate surface area is 155 Å². The molecule has 0 aliphatic heterocycles. The van der Waals surface area contributed by atoms with Crippen LogP contribution in [0.2, 0.25) is 0 Å². The highest BCUT2D eigenvalue weighted by Gasteiger charge is 2.12. The number of nitrogens with one attached hydrogen (secondary N) is 1. The van der Waals surface area contributed by atoms with Gasteiger partial charge in [-0.2, -0.15) is 0 Å². The van der Waals surface area contributed by atoms with E-state index in [9.17, 15) is 9.90 Å². The molecule has 6 nitrogen and oxygen atoms in total. The first-order valence-electron chi connectivity index (χ1n) is 8.39. The van der Waals surface area contributed by atoms with Crippen LogP contribution in [0.3, 0.4) is 0 Å². The van der Waals surface area contributed by atoms with E-state index in [1.807, 2.05) is 31.2 Å². The van der Waals surface area contributed by atoms with Crippen molar-refractivity contribution in [3.05, 3.63) is 66.0 Å². The Morgan fingerprint density at radius 2 is 1.93 bits per heavy atom. The van der Waals surface area contributed by atoms with Crippen LogP contribution in [0.15, 0.2) is 54.9 Å². The van der Waals surface area contributed by atoms with Crippen LogP contribution in [0.25, 0.3) is 21.7 Å². The van der Waals surface area contributed by atoms with E-state index in [1.165, 1.54) is 0 Å². The molecular weight excluding hydrogens is 342 g/mol. The third-order valence-corrected chi connectivity index (χ3v) is 4.51. The highest BCUT2D eigenvalue weighted by Crippen LogP contribution is 2.32. The number of carboxylic acids is 1. The fraction of sp³-hybridized carbons (Fsp3) is 0.0952. The second kappa shape index (κ2) is 6.57. The van der Waals surface area contributed by atoms with Gasteiger partial charge >= 0.3 is 5.97 Å². The Morgan fingerprint density at radius 3 is 2.70 bits per heavy atom. The number of hydrogen-bond donors (Lipinski definition) is 2. The first-order chi connectivity index (χ1) is 13.1. The molecule has 0 bridgehead atoms. The average molecular weight is 359 g/mol. The molecule has 0 spiro atoms. The lowest BCUT2D eigenvalue weighted by Gasteiger charge is -2.13. The number of carbonyl (C=O) groups is 1. The van der Waals surface area contributed by atoms with E-state index in [1.54, 1.807) is 37.7 Å². The summed E-state index contributed by atoms with van der Waals surface area (Å²) in [6, 6.07) is 12.6. The van der Waals surface area contributed by atoms with Crippen LogP contribution in [0.1, 0.15) is 15.9 Å². The number of nitrogens with zero attached hydrogens (tertiary/aromatic N) is 2. The summed E-state index contributed by atoms with van der Waals surface area (Å²) in [6.45, 7) is 1.98. The predicted octanol–water partition coefficient (Wildman–Crippen LogP) is 4.54. The molecule has 0 fully saturated rings. The molecule has 0 amide bonds. The number of aromatic carboxylic acids is 1. The summed E-state index contributed by atoms with van der Waals surface area (Å²) in [5.74, 6) is 0.427. The maximum atomic E-state index is 11.3. The zero-order valence-corrected chi connectivity index (χ0v) is 14.9. The van der Waals surface area contributed by atoms with Gasteiger partial charge in [0.1, 0.15) is 11.6 Å². The van der Waals surface area contributed by atoms with E-state index in [2.05, 4.69) is 15.3 Å². The van der Waals surface area contributed by atoms with Gasteiger partial charge < -0.3 is 15.2 Å². The van der Waals surface area contributed by atoms with Gasteiger partial charge in [-0.1, -0.05) is 12.1 Å². The Kier molecular flexibility index (Phi) is 4.08. The molecule has 0 saturated carbocycles. The fourth-order valence-electron chi connectivity index (χ4n) is 3.11. The van der Waals surface area contributed by atoms with Crippen molar-refractivity contribution in [3.63, 3.8) is 0 Å². The minimum Gasteiger partial charge on any atom is -0.496 e. The molecule has 0 unspecified atom stereocenters. The standard InChI is InChI=1S/C21H17N3O3/c1-12-3-5-14(10-19(12)27-2)23-20-16-7-8-22-11-17(16)15-6-4-13(21(25)26)9-18(15)24-20/h3-11H,1-2H3,(H,23,24)(H,25,26). The first kappa shape index (κ1) is 16.8. The number of benzene rings is 2. The number of rotatable bonds is 4. The molecule has 4 rings (SSSR count). The number of methoxy groups -OCH3 is 1. The zero-order valence-electron chi connectivity index (χ0n) is 14.9. The van der Waals surface area contributed by atoms with Crippen molar-refractivity contribution in [3.8, 4) is 5.75 Å². The molecule has 134 valence electrons. The van der Waals surface area contributed by atoms with Crippen LogP contribution in [-0.4, -0.2) is 28.2 Å². The van der Waals surface area contributed by atoms with Gasteiger partial charge in [-0.05, 0) is 36.8 Å². The van der Waals surface area contributed by atoms with Gasteiger partial charge in [0, 0.05) is 40.3 Å². The fourth-order valence-corrected chi connectivity index (χ4v) is 3.11. The van der Waals surface area contributed by atoms with Crippen LogP contribution < -0.4 is 10.1 Å².